The maximum absolute atomic E-state index is 12.0. The molecule has 26 heavy (non-hydrogen) atoms. The van der Waals surface area contributed by atoms with Gasteiger partial charge in [0.1, 0.15) is 6.61 Å². The molecule has 5 heteroatoms. The van der Waals surface area contributed by atoms with E-state index in [-0.39, 0.29) is 18.3 Å². The number of furan rings is 1. The lowest BCUT2D eigenvalue weighted by molar-refractivity contribution is 0.0550. The van der Waals surface area contributed by atoms with Gasteiger partial charge in [0.25, 0.3) is 5.91 Å². The van der Waals surface area contributed by atoms with Crippen molar-refractivity contribution in [1.29, 1.82) is 0 Å². The van der Waals surface area contributed by atoms with Gasteiger partial charge in [-0.15, -0.1) is 0 Å². The average Bonchev–Trinajstić information content (AvgIpc) is 3.21. The van der Waals surface area contributed by atoms with Gasteiger partial charge in [-0.2, -0.15) is 0 Å². The number of carbonyl (C=O) groups is 2. The number of benzene rings is 2. The summed E-state index contributed by atoms with van der Waals surface area (Å²) in [5.41, 5.74) is 2.02. The molecular formula is C21H17NO4. The SMILES string of the molecule is O=C(OC/C=C\c1ccccc1)c1ccc(NC(=O)c2ccco2)cc1. The summed E-state index contributed by atoms with van der Waals surface area (Å²) in [4.78, 5) is 23.9. The summed E-state index contributed by atoms with van der Waals surface area (Å²) in [6.45, 7) is 0.185. The second kappa shape index (κ2) is 8.48. The fourth-order valence-electron chi connectivity index (χ4n) is 2.25. The second-order valence-corrected chi connectivity index (χ2v) is 5.42. The fraction of sp³-hybridized carbons (Fsp3) is 0.0476. The Labute approximate surface area is 150 Å². The summed E-state index contributed by atoms with van der Waals surface area (Å²) in [5.74, 6) is -0.554. The van der Waals surface area contributed by atoms with Crippen LogP contribution in [-0.2, 0) is 4.74 Å². The van der Waals surface area contributed by atoms with Gasteiger partial charge in [0.05, 0.1) is 11.8 Å². The number of amides is 1. The van der Waals surface area contributed by atoms with Crippen molar-refractivity contribution in [3.05, 3.63) is 96.0 Å². The number of nitrogens with one attached hydrogen (secondary N) is 1. The van der Waals surface area contributed by atoms with Crippen molar-refractivity contribution in [2.24, 2.45) is 0 Å². The molecule has 0 aliphatic rings. The molecule has 1 amide bonds. The smallest absolute Gasteiger partial charge is 0.338 e. The van der Waals surface area contributed by atoms with Crippen molar-refractivity contribution in [2.75, 3.05) is 11.9 Å². The van der Waals surface area contributed by atoms with E-state index in [1.54, 1.807) is 42.5 Å². The largest absolute Gasteiger partial charge is 0.459 e. The molecule has 0 saturated carbocycles. The maximum Gasteiger partial charge on any atom is 0.338 e. The Balaban J connectivity index is 1.50. The molecule has 3 aromatic rings. The molecule has 0 aliphatic heterocycles. The quantitative estimate of drug-likeness (QED) is 0.671. The summed E-state index contributed by atoms with van der Waals surface area (Å²) >= 11 is 0. The maximum atomic E-state index is 12.0. The van der Waals surface area contributed by atoms with E-state index in [1.165, 1.54) is 6.26 Å². The van der Waals surface area contributed by atoms with Crippen LogP contribution >= 0.6 is 0 Å². The van der Waals surface area contributed by atoms with Gasteiger partial charge in [0.2, 0.25) is 0 Å². The number of carbonyl (C=O) groups excluding carboxylic acids is 2. The second-order valence-electron chi connectivity index (χ2n) is 5.42. The Morgan fingerprint density at radius 3 is 2.42 bits per heavy atom. The summed E-state index contributed by atoms with van der Waals surface area (Å²) in [6.07, 6.45) is 5.10. The fourth-order valence-corrected chi connectivity index (χ4v) is 2.25. The Morgan fingerprint density at radius 2 is 1.73 bits per heavy atom. The van der Waals surface area contributed by atoms with Crippen LogP contribution in [0.15, 0.2) is 83.5 Å². The molecule has 0 radical (unpaired) electrons. The van der Waals surface area contributed by atoms with E-state index in [2.05, 4.69) is 5.32 Å². The molecule has 0 bridgehead atoms. The van der Waals surface area contributed by atoms with Gasteiger partial charge in [0.15, 0.2) is 5.76 Å². The van der Waals surface area contributed by atoms with Crippen LogP contribution in [0.1, 0.15) is 26.5 Å². The highest BCUT2D eigenvalue weighted by Crippen LogP contribution is 2.12. The summed E-state index contributed by atoms with van der Waals surface area (Å²) in [5, 5.41) is 2.68. The van der Waals surface area contributed by atoms with Crippen molar-refractivity contribution >= 4 is 23.6 Å². The molecule has 130 valence electrons. The molecule has 1 heterocycles. The normalized spacial score (nSPS) is 10.6. The van der Waals surface area contributed by atoms with Crippen molar-refractivity contribution in [1.82, 2.24) is 0 Å². The molecule has 0 aliphatic carbocycles. The highest BCUT2D eigenvalue weighted by Gasteiger charge is 2.10. The Hall–Kier alpha value is -3.60. The van der Waals surface area contributed by atoms with E-state index in [0.717, 1.165) is 5.56 Å². The van der Waals surface area contributed by atoms with Gasteiger partial charge in [-0.3, -0.25) is 4.79 Å². The minimum absolute atomic E-state index is 0.185. The number of anilines is 1. The molecule has 0 unspecified atom stereocenters. The first-order valence-corrected chi connectivity index (χ1v) is 8.06. The molecule has 5 nitrogen and oxygen atoms in total. The topological polar surface area (TPSA) is 68.5 Å². The minimum Gasteiger partial charge on any atom is -0.459 e. The number of hydrogen-bond acceptors (Lipinski definition) is 4. The van der Waals surface area contributed by atoms with Crippen molar-refractivity contribution in [2.45, 2.75) is 0 Å². The molecular weight excluding hydrogens is 330 g/mol. The standard InChI is InChI=1S/C21H17NO4/c23-20(19-9-5-14-25-19)22-18-12-10-17(11-13-18)21(24)26-15-4-8-16-6-2-1-3-7-16/h1-14H,15H2,(H,22,23)/b8-4-. The molecule has 0 spiro atoms. The summed E-state index contributed by atoms with van der Waals surface area (Å²) in [6, 6.07) is 19.4. The first-order valence-electron chi connectivity index (χ1n) is 8.06. The van der Waals surface area contributed by atoms with Gasteiger partial charge >= 0.3 is 5.97 Å². The van der Waals surface area contributed by atoms with Crippen molar-refractivity contribution in [3.63, 3.8) is 0 Å². The van der Waals surface area contributed by atoms with Gasteiger partial charge in [0, 0.05) is 5.69 Å². The molecule has 0 saturated heterocycles. The predicted molar refractivity (Wildman–Crippen MR) is 98.9 cm³/mol. The monoisotopic (exact) mass is 347 g/mol. The third kappa shape index (κ3) is 4.70. The lowest BCUT2D eigenvalue weighted by Crippen LogP contribution is -2.11. The minimum atomic E-state index is -0.424. The Bertz CT molecular complexity index is 882. The Morgan fingerprint density at radius 1 is 0.962 bits per heavy atom. The van der Waals surface area contributed by atoms with E-state index >= 15 is 0 Å². The van der Waals surface area contributed by atoms with Crippen molar-refractivity contribution < 1.29 is 18.7 Å². The molecule has 0 atom stereocenters. The lowest BCUT2D eigenvalue weighted by Gasteiger charge is -2.05. The summed E-state index contributed by atoms with van der Waals surface area (Å²) in [7, 11) is 0. The van der Waals surface area contributed by atoms with E-state index in [0.29, 0.717) is 11.3 Å². The van der Waals surface area contributed by atoms with Crippen LogP contribution < -0.4 is 5.32 Å². The zero-order valence-corrected chi connectivity index (χ0v) is 13.9. The van der Waals surface area contributed by atoms with E-state index in [4.69, 9.17) is 9.15 Å². The third-order valence-electron chi connectivity index (χ3n) is 3.54. The van der Waals surface area contributed by atoms with Crippen LogP contribution in [0, 0.1) is 0 Å². The average molecular weight is 347 g/mol. The van der Waals surface area contributed by atoms with Crippen LogP contribution in [-0.4, -0.2) is 18.5 Å². The lowest BCUT2D eigenvalue weighted by atomic mass is 10.2. The third-order valence-corrected chi connectivity index (χ3v) is 3.54. The van der Waals surface area contributed by atoms with Gasteiger partial charge in [-0.1, -0.05) is 36.4 Å². The van der Waals surface area contributed by atoms with Gasteiger partial charge in [-0.05, 0) is 48.0 Å². The van der Waals surface area contributed by atoms with E-state index < -0.39 is 5.97 Å². The number of esters is 1. The highest BCUT2D eigenvalue weighted by atomic mass is 16.5. The Kier molecular flexibility index (Phi) is 5.62. The molecule has 1 aromatic heterocycles. The highest BCUT2D eigenvalue weighted by molar-refractivity contribution is 6.02. The van der Waals surface area contributed by atoms with Crippen LogP contribution in [0.3, 0.4) is 0 Å². The van der Waals surface area contributed by atoms with E-state index in [9.17, 15) is 9.59 Å². The van der Waals surface area contributed by atoms with Gasteiger partial charge < -0.3 is 14.5 Å². The first-order chi connectivity index (χ1) is 12.7. The zero-order valence-electron chi connectivity index (χ0n) is 13.9. The summed E-state index contributed by atoms with van der Waals surface area (Å²) < 4.78 is 10.2. The van der Waals surface area contributed by atoms with E-state index in [1.807, 2.05) is 36.4 Å². The van der Waals surface area contributed by atoms with Crippen molar-refractivity contribution in [3.8, 4) is 0 Å². The van der Waals surface area contributed by atoms with Gasteiger partial charge in [-0.25, -0.2) is 4.79 Å². The zero-order chi connectivity index (χ0) is 18.2. The van der Waals surface area contributed by atoms with Crippen LogP contribution in [0.25, 0.3) is 6.08 Å². The van der Waals surface area contributed by atoms with Crippen LogP contribution in [0.2, 0.25) is 0 Å². The number of rotatable bonds is 6. The molecule has 0 fully saturated rings. The molecule has 2 aromatic carbocycles. The van der Waals surface area contributed by atoms with Crippen LogP contribution in [0.5, 0.6) is 0 Å². The first kappa shape index (κ1) is 17.2. The predicted octanol–water partition coefficient (Wildman–Crippen LogP) is 4.40. The number of hydrogen-bond donors (Lipinski definition) is 1. The number of ether oxygens (including phenoxy) is 1. The van der Waals surface area contributed by atoms with Crippen LogP contribution in [0.4, 0.5) is 5.69 Å². The molecule has 1 N–H and O–H groups in total. The molecule has 3 rings (SSSR count).